The summed E-state index contributed by atoms with van der Waals surface area (Å²) in [5.41, 5.74) is 3.54. The lowest BCUT2D eigenvalue weighted by Gasteiger charge is -2.31. The molecule has 0 saturated carbocycles. The summed E-state index contributed by atoms with van der Waals surface area (Å²) >= 11 is 0. The van der Waals surface area contributed by atoms with Gasteiger partial charge >= 0.3 is 0 Å². The van der Waals surface area contributed by atoms with Gasteiger partial charge in [-0.3, -0.25) is 4.79 Å². The van der Waals surface area contributed by atoms with Gasteiger partial charge in [0.25, 0.3) is 5.91 Å². The smallest absolute Gasteiger partial charge is 0.255 e. The van der Waals surface area contributed by atoms with Gasteiger partial charge < -0.3 is 15.0 Å². The largest absolute Gasteiger partial charge is 0.491 e. The SMILES string of the molecule is C.CCN1C(c2ccc(NC(=O)c3ccc(F)cc3)cc2)=C(C#N)C2C=CC(OC(C)C)=CC21. The summed E-state index contributed by atoms with van der Waals surface area (Å²) in [7, 11) is 0. The molecular weight excluding hydrogens is 429 g/mol. The number of anilines is 1. The van der Waals surface area contributed by atoms with E-state index in [1.807, 2.05) is 50.3 Å². The van der Waals surface area contributed by atoms with Gasteiger partial charge in [0.05, 0.1) is 29.5 Å². The molecule has 1 N–H and O–H groups in total. The molecule has 0 bridgehead atoms. The van der Waals surface area contributed by atoms with Crippen LogP contribution in [-0.4, -0.2) is 29.5 Å². The number of carbonyl (C=O) groups excluding carboxylic acids is 1. The van der Waals surface area contributed by atoms with Crippen molar-refractivity contribution in [2.75, 3.05) is 11.9 Å². The van der Waals surface area contributed by atoms with E-state index in [-0.39, 0.29) is 37.2 Å². The summed E-state index contributed by atoms with van der Waals surface area (Å²) in [4.78, 5) is 14.6. The lowest BCUT2D eigenvalue weighted by molar-refractivity contribution is 0.102. The summed E-state index contributed by atoms with van der Waals surface area (Å²) in [5.74, 6) is 0.0989. The molecule has 34 heavy (non-hydrogen) atoms. The maximum absolute atomic E-state index is 13.1. The van der Waals surface area contributed by atoms with Gasteiger partial charge in [0.2, 0.25) is 0 Å². The third-order valence-electron chi connectivity index (χ3n) is 5.76. The van der Waals surface area contributed by atoms with Crippen LogP contribution in [0.2, 0.25) is 0 Å². The van der Waals surface area contributed by atoms with Gasteiger partial charge in [-0.25, -0.2) is 4.39 Å². The number of ether oxygens (including phenoxy) is 1. The predicted octanol–water partition coefficient (Wildman–Crippen LogP) is 6.15. The first-order valence-corrected chi connectivity index (χ1v) is 11.1. The zero-order chi connectivity index (χ0) is 23.5. The molecule has 6 heteroatoms. The lowest BCUT2D eigenvalue weighted by atomic mass is 9.90. The molecule has 0 radical (unpaired) electrons. The second-order valence-corrected chi connectivity index (χ2v) is 8.31. The first kappa shape index (κ1) is 24.8. The van der Waals surface area contributed by atoms with E-state index in [1.54, 1.807) is 0 Å². The molecule has 2 aromatic carbocycles. The van der Waals surface area contributed by atoms with E-state index in [0.717, 1.165) is 29.1 Å². The fraction of sp³-hybridized carbons (Fsp3) is 0.286. The molecule has 5 nitrogen and oxygen atoms in total. The van der Waals surface area contributed by atoms with E-state index in [1.165, 1.54) is 24.3 Å². The van der Waals surface area contributed by atoms with Gasteiger partial charge in [0.15, 0.2) is 0 Å². The summed E-state index contributed by atoms with van der Waals surface area (Å²) < 4.78 is 19.0. The second kappa shape index (κ2) is 10.4. The van der Waals surface area contributed by atoms with E-state index in [9.17, 15) is 14.4 Å². The van der Waals surface area contributed by atoms with Crippen molar-refractivity contribution in [1.29, 1.82) is 5.26 Å². The number of carbonyl (C=O) groups is 1. The van der Waals surface area contributed by atoms with Crippen LogP contribution in [0, 0.1) is 23.1 Å². The Balaban J connectivity index is 0.00000324. The van der Waals surface area contributed by atoms with Crippen molar-refractivity contribution in [3.8, 4) is 6.07 Å². The maximum Gasteiger partial charge on any atom is 0.255 e. The average Bonchev–Trinajstić information content (AvgIpc) is 3.12. The molecule has 0 fully saturated rings. The number of allylic oxidation sites excluding steroid dienone is 1. The normalized spacial score (nSPS) is 18.7. The molecule has 1 aliphatic heterocycles. The van der Waals surface area contributed by atoms with E-state index >= 15 is 0 Å². The van der Waals surface area contributed by atoms with Gasteiger partial charge in [0.1, 0.15) is 11.6 Å². The highest BCUT2D eigenvalue weighted by molar-refractivity contribution is 6.04. The number of benzene rings is 2. The van der Waals surface area contributed by atoms with Crippen LogP contribution >= 0.6 is 0 Å². The number of nitrogens with zero attached hydrogens (tertiary/aromatic N) is 2. The zero-order valence-electron chi connectivity index (χ0n) is 18.9. The quantitative estimate of drug-likeness (QED) is 0.563. The van der Waals surface area contributed by atoms with Crippen LogP contribution in [0.3, 0.4) is 0 Å². The average molecular weight is 460 g/mol. The fourth-order valence-corrected chi connectivity index (χ4v) is 4.34. The lowest BCUT2D eigenvalue weighted by Crippen LogP contribution is -2.33. The van der Waals surface area contributed by atoms with Crippen LogP contribution in [0.4, 0.5) is 10.1 Å². The Hall–Kier alpha value is -3.85. The molecule has 1 aliphatic carbocycles. The van der Waals surface area contributed by atoms with Crippen molar-refractivity contribution in [2.45, 2.75) is 40.3 Å². The summed E-state index contributed by atoms with van der Waals surface area (Å²) in [6, 6.07) is 15.3. The number of nitrogens with one attached hydrogen (secondary N) is 1. The van der Waals surface area contributed by atoms with Crippen molar-refractivity contribution < 1.29 is 13.9 Å². The van der Waals surface area contributed by atoms with Crippen LogP contribution in [0.1, 0.15) is 44.1 Å². The summed E-state index contributed by atoms with van der Waals surface area (Å²) in [6.07, 6.45) is 6.17. The minimum atomic E-state index is -0.386. The van der Waals surface area contributed by atoms with Gasteiger partial charge in [-0.15, -0.1) is 0 Å². The summed E-state index contributed by atoms with van der Waals surface area (Å²) in [5, 5.41) is 12.8. The Morgan fingerprint density at radius 1 is 1.18 bits per heavy atom. The highest BCUT2D eigenvalue weighted by atomic mass is 19.1. The molecule has 2 unspecified atom stereocenters. The van der Waals surface area contributed by atoms with Crippen molar-refractivity contribution in [3.63, 3.8) is 0 Å². The van der Waals surface area contributed by atoms with Crippen molar-refractivity contribution >= 4 is 17.3 Å². The predicted molar refractivity (Wildman–Crippen MR) is 133 cm³/mol. The number of halogens is 1. The Morgan fingerprint density at radius 2 is 1.85 bits per heavy atom. The zero-order valence-corrected chi connectivity index (χ0v) is 18.9. The second-order valence-electron chi connectivity index (χ2n) is 8.31. The molecule has 4 rings (SSSR count). The number of fused-ring (bicyclic) bond motifs is 1. The fourth-order valence-electron chi connectivity index (χ4n) is 4.34. The molecule has 2 aromatic rings. The highest BCUT2D eigenvalue weighted by Gasteiger charge is 2.40. The Bertz CT molecular complexity index is 1170. The maximum atomic E-state index is 13.1. The first-order chi connectivity index (χ1) is 15.9. The van der Waals surface area contributed by atoms with E-state index < -0.39 is 0 Å². The molecule has 2 atom stereocenters. The molecule has 0 aromatic heterocycles. The molecule has 0 spiro atoms. The van der Waals surface area contributed by atoms with Gasteiger partial charge in [-0.05, 0) is 74.9 Å². The topological polar surface area (TPSA) is 65.4 Å². The van der Waals surface area contributed by atoms with Gasteiger partial charge in [0, 0.05) is 23.7 Å². The number of likely N-dealkylation sites (N-methyl/N-ethyl adjacent to an activating group) is 1. The molecule has 1 amide bonds. The van der Waals surface area contributed by atoms with Crippen LogP contribution < -0.4 is 5.32 Å². The van der Waals surface area contributed by atoms with Crippen LogP contribution in [0.5, 0.6) is 0 Å². The minimum absolute atomic E-state index is 0. The third kappa shape index (κ3) is 4.89. The van der Waals surface area contributed by atoms with Crippen molar-refractivity contribution in [2.24, 2.45) is 5.92 Å². The van der Waals surface area contributed by atoms with Crippen LogP contribution in [0.15, 0.2) is 78.1 Å². The Morgan fingerprint density at radius 3 is 2.44 bits per heavy atom. The van der Waals surface area contributed by atoms with E-state index in [0.29, 0.717) is 11.3 Å². The number of rotatable bonds is 6. The molecule has 0 saturated heterocycles. The van der Waals surface area contributed by atoms with Gasteiger partial charge in [-0.2, -0.15) is 5.26 Å². The molecule has 176 valence electrons. The van der Waals surface area contributed by atoms with E-state index in [2.05, 4.69) is 29.3 Å². The molecule has 2 aliphatic rings. The summed E-state index contributed by atoms with van der Waals surface area (Å²) in [6.45, 7) is 6.80. The van der Waals surface area contributed by atoms with Crippen LogP contribution in [0.25, 0.3) is 5.70 Å². The number of amides is 1. The minimum Gasteiger partial charge on any atom is -0.491 e. The number of nitriles is 1. The first-order valence-electron chi connectivity index (χ1n) is 11.1. The van der Waals surface area contributed by atoms with Gasteiger partial charge in [-0.1, -0.05) is 25.6 Å². The van der Waals surface area contributed by atoms with Crippen LogP contribution in [-0.2, 0) is 4.74 Å². The standard InChI is InChI=1S/C27H26FN3O2.CH4/c1-4-31-25-15-22(33-17(2)3)13-14-23(25)24(16-29)26(31)18-7-11-21(12-8-18)30-27(32)19-5-9-20(28)10-6-19;/h5-15,17,23,25H,4H2,1-3H3,(H,30,32);1H4. The van der Waals surface area contributed by atoms with Crippen molar-refractivity contribution in [1.82, 2.24) is 4.90 Å². The third-order valence-corrected chi connectivity index (χ3v) is 5.76. The van der Waals surface area contributed by atoms with Crippen molar-refractivity contribution in [3.05, 3.63) is 95.0 Å². The monoisotopic (exact) mass is 459 g/mol. The highest BCUT2D eigenvalue weighted by Crippen LogP contribution is 2.43. The molecule has 1 heterocycles. The number of hydrogen-bond acceptors (Lipinski definition) is 4. The van der Waals surface area contributed by atoms with E-state index in [4.69, 9.17) is 4.74 Å². The Labute approximate surface area is 200 Å². The Kier molecular flexibility index (Phi) is 7.57. The number of hydrogen-bond donors (Lipinski definition) is 1. The molecular formula is C28H30FN3O2.